The highest BCUT2D eigenvalue weighted by Crippen LogP contribution is 2.44. The minimum Gasteiger partial charge on any atom is -0.453 e. The summed E-state index contributed by atoms with van der Waals surface area (Å²) in [5.74, 6) is 1.32. The lowest BCUT2D eigenvalue weighted by atomic mass is 10.1. The Hall–Kier alpha value is -0.770. The summed E-state index contributed by atoms with van der Waals surface area (Å²) in [5.41, 5.74) is 5.85. The minimum atomic E-state index is -0.240. The smallest absolute Gasteiger partial charge is 0.409 e. The van der Waals surface area contributed by atoms with Gasteiger partial charge in [0.15, 0.2) is 0 Å². The van der Waals surface area contributed by atoms with Crippen molar-refractivity contribution in [3.05, 3.63) is 0 Å². The molecular formula is C8H14N2O2. The van der Waals surface area contributed by atoms with Crippen LogP contribution in [0.25, 0.3) is 0 Å². The largest absolute Gasteiger partial charge is 0.453 e. The molecule has 0 aromatic heterocycles. The van der Waals surface area contributed by atoms with Crippen molar-refractivity contribution >= 4 is 6.09 Å². The summed E-state index contributed by atoms with van der Waals surface area (Å²) in [4.78, 5) is 12.8. The highest BCUT2D eigenvalue weighted by molar-refractivity contribution is 5.67. The molecule has 1 heterocycles. The predicted molar refractivity (Wildman–Crippen MR) is 43.6 cm³/mol. The van der Waals surface area contributed by atoms with Crippen molar-refractivity contribution in [2.24, 2.45) is 17.6 Å². The van der Waals surface area contributed by atoms with Gasteiger partial charge in [-0.1, -0.05) is 0 Å². The highest BCUT2D eigenvalue weighted by Gasteiger charge is 2.47. The maximum Gasteiger partial charge on any atom is 0.409 e. The number of nitrogens with zero attached hydrogens (tertiary/aromatic N) is 1. The number of hydrogen-bond acceptors (Lipinski definition) is 3. The van der Waals surface area contributed by atoms with Gasteiger partial charge in [-0.2, -0.15) is 0 Å². The van der Waals surface area contributed by atoms with Gasteiger partial charge in [-0.15, -0.1) is 0 Å². The van der Waals surface area contributed by atoms with Crippen LogP contribution in [0, 0.1) is 11.8 Å². The zero-order chi connectivity index (χ0) is 8.72. The molecule has 3 atom stereocenters. The monoisotopic (exact) mass is 170 g/mol. The van der Waals surface area contributed by atoms with E-state index in [1.165, 1.54) is 13.5 Å². The van der Waals surface area contributed by atoms with Crippen molar-refractivity contribution in [1.82, 2.24) is 4.90 Å². The van der Waals surface area contributed by atoms with E-state index in [0.29, 0.717) is 18.4 Å². The second-order valence-corrected chi connectivity index (χ2v) is 3.70. The van der Waals surface area contributed by atoms with Crippen molar-refractivity contribution in [3.8, 4) is 0 Å². The SMILES string of the molecule is COC(=O)N1CC(N)C2CC2C1. The van der Waals surface area contributed by atoms with Crippen LogP contribution in [-0.2, 0) is 4.74 Å². The van der Waals surface area contributed by atoms with Crippen LogP contribution in [0.5, 0.6) is 0 Å². The third kappa shape index (κ3) is 1.16. The number of fused-ring (bicyclic) bond motifs is 1. The summed E-state index contributed by atoms with van der Waals surface area (Å²) in [7, 11) is 1.41. The summed E-state index contributed by atoms with van der Waals surface area (Å²) in [6.45, 7) is 1.50. The van der Waals surface area contributed by atoms with Gasteiger partial charge in [0.2, 0.25) is 0 Å². The maximum absolute atomic E-state index is 11.1. The molecule has 12 heavy (non-hydrogen) atoms. The molecule has 1 saturated carbocycles. The maximum atomic E-state index is 11.1. The summed E-state index contributed by atoms with van der Waals surface area (Å²) < 4.78 is 4.64. The standard InChI is InChI=1S/C8H14N2O2/c1-12-8(11)10-3-5-2-6(5)7(9)4-10/h5-7H,2-4,9H2,1H3. The number of methoxy groups -OCH3 is 1. The van der Waals surface area contributed by atoms with E-state index in [4.69, 9.17) is 5.73 Å². The Morgan fingerprint density at radius 2 is 2.33 bits per heavy atom. The first-order valence-electron chi connectivity index (χ1n) is 4.31. The quantitative estimate of drug-likeness (QED) is 0.558. The van der Waals surface area contributed by atoms with E-state index >= 15 is 0 Å². The van der Waals surface area contributed by atoms with Crippen LogP contribution in [0.1, 0.15) is 6.42 Å². The van der Waals surface area contributed by atoms with E-state index in [2.05, 4.69) is 4.74 Å². The number of amides is 1. The molecule has 1 amide bonds. The van der Waals surface area contributed by atoms with Gasteiger partial charge in [-0.3, -0.25) is 0 Å². The van der Waals surface area contributed by atoms with Gasteiger partial charge in [0, 0.05) is 19.1 Å². The van der Waals surface area contributed by atoms with Gasteiger partial charge < -0.3 is 15.4 Å². The Morgan fingerprint density at radius 1 is 1.58 bits per heavy atom. The molecular weight excluding hydrogens is 156 g/mol. The van der Waals surface area contributed by atoms with Gasteiger partial charge in [0.1, 0.15) is 0 Å². The third-order valence-electron chi connectivity index (χ3n) is 2.85. The summed E-state index contributed by atoms with van der Waals surface area (Å²) in [5, 5.41) is 0. The van der Waals surface area contributed by atoms with Crippen LogP contribution in [0.4, 0.5) is 4.79 Å². The second kappa shape index (κ2) is 2.62. The highest BCUT2D eigenvalue weighted by atomic mass is 16.5. The minimum absolute atomic E-state index is 0.169. The first kappa shape index (κ1) is 7.86. The summed E-state index contributed by atoms with van der Waals surface area (Å²) in [6.07, 6.45) is 0.949. The Labute approximate surface area is 71.7 Å². The van der Waals surface area contributed by atoms with Crippen molar-refractivity contribution in [1.29, 1.82) is 0 Å². The van der Waals surface area contributed by atoms with E-state index in [0.717, 1.165) is 6.54 Å². The summed E-state index contributed by atoms with van der Waals surface area (Å²) in [6, 6.07) is 0.169. The lowest BCUT2D eigenvalue weighted by Gasteiger charge is -2.28. The van der Waals surface area contributed by atoms with Gasteiger partial charge in [-0.25, -0.2) is 4.79 Å². The Morgan fingerprint density at radius 3 is 2.92 bits per heavy atom. The van der Waals surface area contributed by atoms with Crippen molar-refractivity contribution in [2.45, 2.75) is 12.5 Å². The van der Waals surface area contributed by atoms with E-state index in [1.54, 1.807) is 4.90 Å². The average Bonchev–Trinajstić information content (AvgIpc) is 2.82. The van der Waals surface area contributed by atoms with Crippen LogP contribution >= 0.6 is 0 Å². The molecule has 1 saturated heterocycles. The molecule has 4 nitrogen and oxygen atoms in total. The fraction of sp³-hybridized carbons (Fsp3) is 0.875. The lowest BCUT2D eigenvalue weighted by molar-refractivity contribution is 0.109. The van der Waals surface area contributed by atoms with Gasteiger partial charge in [0.05, 0.1) is 7.11 Å². The molecule has 0 radical (unpaired) electrons. The van der Waals surface area contributed by atoms with Gasteiger partial charge >= 0.3 is 6.09 Å². The zero-order valence-corrected chi connectivity index (χ0v) is 7.19. The molecule has 0 spiro atoms. The van der Waals surface area contributed by atoms with Crippen LogP contribution < -0.4 is 5.73 Å². The fourth-order valence-electron chi connectivity index (χ4n) is 2.03. The van der Waals surface area contributed by atoms with E-state index in [-0.39, 0.29) is 12.1 Å². The molecule has 0 aromatic carbocycles. The van der Waals surface area contributed by atoms with E-state index < -0.39 is 0 Å². The predicted octanol–water partition coefficient (Wildman–Crippen LogP) is 0.0318. The molecule has 3 unspecified atom stereocenters. The molecule has 1 aliphatic heterocycles. The Kier molecular flexibility index (Phi) is 1.72. The topological polar surface area (TPSA) is 55.6 Å². The summed E-state index contributed by atoms with van der Waals surface area (Å²) >= 11 is 0. The van der Waals surface area contributed by atoms with Crippen molar-refractivity contribution < 1.29 is 9.53 Å². The first-order chi connectivity index (χ1) is 5.72. The Bertz CT molecular complexity index is 207. The number of ether oxygens (including phenoxy) is 1. The molecule has 68 valence electrons. The van der Waals surface area contributed by atoms with Crippen LogP contribution in [0.2, 0.25) is 0 Å². The molecule has 2 fully saturated rings. The second-order valence-electron chi connectivity index (χ2n) is 3.70. The molecule has 2 rings (SSSR count). The fourth-order valence-corrected chi connectivity index (χ4v) is 2.03. The van der Waals surface area contributed by atoms with Crippen LogP contribution in [-0.4, -0.2) is 37.2 Å². The van der Waals surface area contributed by atoms with Crippen molar-refractivity contribution in [2.75, 3.05) is 20.2 Å². The molecule has 0 aromatic rings. The van der Waals surface area contributed by atoms with Gasteiger partial charge in [0.25, 0.3) is 0 Å². The molecule has 4 heteroatoms. The molecule has 2 aliphatic rings. The number of hydrogen-bond donors (Lipinski definition) is 1. The van der Waals surface area contributed by atoms with Crippen molar-refractivity contribution in [3.63, 3.8) is 0 Å². The number of likely N-dealkylation sites (tertiary alicyclic amines) is 1. The number of carbonyl (C=O) groups is 1. The molecule has 1 aliphatic carbocycles. The molecule has 0 bridgehead atoms. The first-order valence-corrected chi connectivity index (χ1v) is 4.31. The van der Waals surface area contributed by atoms with Crippen LogP contribution in [0.15, 0.2) is 0 Å². The van der Waals surface area contributed by atoms with E-state index in [1.807, 2.05) is 0 Å². The number of carbonyl (C=O) groups excluding carboxylic acids is 1. The Balaban J connectivity index is 1.96. The van der Waals surface area contributed by atoms with E-state index in [9.17, 15) is 4.79 Å². The zero-order valence-electron chi connectivity index (χ0n) is 7.19. The normalized spacial score (nSPS) is 38.8. The number of nitrogens with two attached hydrogens (primary N) is 1. The number of rotatable bonds is 0. The van der Waals surface area contributed by atoms with Crippen LogP contribution in [0.3, 0.4) is 0 Å². The van der Waals surface area contributed by atoms with Gasteiger partial charge in [-0.05, 0) is 18.3 Å². The number of piperidine rings is 1. The third-order valence-corrected chi connectivity index (χ3v) is 2.85. The lowest BCUT2D eigenvalue weighted by Crippen LogP contribution is -2.47. The molecule has 2 N–H and O–H groups in total. The average molecular weight is 170 g/mol.